The normalized spacial score (nSPS) is 21.4. The van der Waals surface area contributed by atoms with Crippen LogP contribution in [-0.4, -0.2) is 28.9 Å². The van der Waals surface area contributed by atoms with Gasteiger partial charge in [-0.15, -0.1) is 0 Å². The Morgan fingerprint density at radius 3 is 2.83 bits per heavy atom. The third-order valence-electron chi connectivity index (χ3n) is 5.08. The van der Waals surface area contributed by atoms with Gasteiger partial charge in [-0.1, -0.05) is 24.3 Å². The fourth-order valence-corrected chi connectivity index (χ4v) is 3.66. The number of carbonyl (C=O) groups is 1. The highest BCUT2D eigenvalue weighted by Gasteiger charge is 2.35. The van der Waals surface area contributed by atoms with E-state index in [9.17, 15) is 4.79 Å². The van der Waals surface area contributed by atoms with Crippen molar-refractivity contribution < 1.29 is 9.21 Å². The predicted molar refractivity (Wildman–Crippen MR) is 87.5 cm³/mol. The maximum atomic E-state index is 12.9. The maximum Gasteiger partial charge on any atom is 0.276 e. The average molecular weight is 310 g/mol. The second-order valence-electron chi connectivity index (χ2n) is 6.79. The van der Waals surface area contributed by atoms with Crippen LogP contribution in [0.5, 0.6) is 0 Å². The van der Waals surface area contributed by atoms with E-state index in [1.54, 1.807) is 0 Å². The molecule has 2 heterocycles. The molecule has 1 aromatic carbocycles. The van der Waals surface area contributed by atoms with Gasteiger partial charge in [-0.2, -0.15) is 0 Å². The summed E-state index contributed by atoms with van der Waals surface area (Å²) in [6, 6.07) is 8.51. The molecule has 1 unspecified atom stereocenters. The van der Waals surface area contributed by atoms with E-state index in [2.05, 4.69) is 36.2 Å². The van der Waals surface area contributed by atoms with Crippen LogP contribution >= 0.6 is 0 Å². The van der Waals surface area contributed by atoms with Crippen molar-refractivity contribution in [3.63, 3.8) is 0 Å². The summed E-state index contributed by atoms with van der Waals surface area (Å²) < 4.78 is 5.47. The Balaban J connectivity index is 1.54. The van der Waals surface area contributed by atoms with Gasteiger partial charge in [0.2, 0.25) is 0 Å². The van der Waals surface area contributed by atoms with Crippen LogP contribution in [0.1, 0.15) is 64.9 Å². The first-order chi connectivity index (χ1) is 11.2. The Hall–Kier alpha value is -2.10. The minimum atomic E-state index is 0.0407. The van der Waals surface area contributed by atoms with Gasteiger partial charge in [-0.25, -0.2) is 4.98 Å². The van der Waals surface area contributed by atoms with E-state index in [4.69, 9.17) is 4.42 Å². The van der Waals surface area contributed by atoms with E-state index < -0.39 is 0 Å². The fraction of sp³-hybridized carbons (Fsp3) is 0.474. The van der Waals surface area contributed by atoms with Crippen molar-refractivity contribution in [1.82, 2.24) is 9.88 Å². The lowest BCUT2D eigenvalue weighted by atomic mass is 9.88. The second-order valence-corrected chi connectivity index (χ2v) is 6.79. The number of nitrogens with zero attached hydrogens (tertiary/aromatic N) is 2. The van der Waals surface area contributed by atoms with Gasteiger partial charge in [0.15, 0.2) is 12.1 Å². The lowest BCUT2D eigenvalue weighted by Crippen LogP contribution is -2.39. The molecule has 0 spiro atoms. The fourth-order valence-electron chi connectivity index (χ4n) is 3.66. The van der Waals surface area contributed by atoms with Crippen molar-refractivity contribution >= 4 is 5.91 Å². The summed E-state index contributed by atoms with van der Waals surface area (Å²) >= 11 is 0. The Bertz CT molecular complexity index is 718. The van der Waals surface area contributed by atoms with E-state index >= 15 is 0 Å². The number of piperidine rings is 1. The smallest absolute Gasteiger partial charge is 0.276 e. The van der Waals surface area contributed by atoms with Crippen LogP contribution < -0.4 is 0 Å². The molecule has 23 heavy (non-hydrogen) atoms. The summed E-state index contributed by atoms with van der Waals surface area (Å²) in [4.78, 5) is 19.1. The molecule has 2 aliphatic rings. The topological polar surface area (TPSA) is 46.3 Å². The molecule has 0 bridgehead atoms. The Kier molecular flexibility index (Phi) is 3.68. The van der Waals surface area contributed by atoms with Crippen molar-refractivity contribution in [3.8, 4) is 0 Å². The summed E-state index contributed by atoms with van der Waals surface area (Å²) in [6.45, 7) is 3.75. The predicted octanol–water partition coefficient (Wildman–Crippen LogP) is 3.88. The molecule has 1 saturated carbocycles. The van der Waals surface area contributed by atoms with Gasteiger partial charge in [-0.05, 0) is 43.7 Å². The second kappa shape index (κ2) is 5.84. The molecule has 4 nitrogen and oxygen atoms in total. The number of oxazole rings is 1. The van der Waals surface area contributed by atoms with Crippen LogP contribution in [0.15, 0.2) is 35.1 Å². The number of hydrogen-bond acceptors (Lipinski definition) is 3. The van der Waals surface area contributed by atoms with Crippen LogP contribution in [0.4, 0.5) is 0 Å². The molecule has 1 aromatic heterocycles. The molecule has 1 saturated heterocycles. The molecule has 0 N–H and O–H groups in total. The summed E-state index contributed by atoms with van der Waals surface area (Å²) in [5.41, 5.74) is 3.22. The van der Waals surface area contributed by atoms with E-state index in [0.29, 0.717) is 17.5 Å². The minimum Gasteiger partial charge on any atom is -0.447 e. The van der Waals surface area contributed by atoms with Crippen LogP contribution in [0.25, 0.3) is 0 Å². The van der Waals surface area contributed by atoms with Gasteiger partial charge in [-0.3, -0.25) is 4.79 Å². The monoisotopic (exact) mass is 310 g/mol. The zero-order valence-electron chi connectivity index (χ0n) is 13.5. The first-order valence-corrected chi connectivity index (χ1v) is 8.52. The Labute approximate surface area is 136 Å². The van der Waals surface area contributed by atoms with Gasteiger partial charge < -0.3 is 9.32 Å². The average Bonchev–Trinajstić information content (AvgIpc) is 3.31. The van der Waals surface area contributed by atoms with Crippen molar-refractivity contribution in [2.45, 2.75) is 44.4 Å². The molecular weight excluding hydrogens is 288 g/mol. The summed E-state index contributed by atoms with van der Waals surface area (Å²) in [6.07, 6.45) is 5.83. The van der Waals surface area contributed by atoms with E-state index in [0.717, 1.165) is 44.5 Å². The van der Waals surface area contributed by atoms with Gasteiger partial charge in [0.05, 0.1) is 0 Å². The van der Waals surface area contributed by atoms with E-state index in [-0.39, 0.29) is 5.91 Å². The first-order valence-electron chi connectivity index (χ1n) is 8.52. The molecule has 4 rings (SSSR count). The summed E-state index contributed by atoms with van der Waals surface area (Å²) in [7, 11) is 0. The number of carbonyl (C=O) groups excluding carboxylic acids is 1. The van der Waals surface area contributed by atoms with Crippen molar-refractivity contribution in [2.24, 2.45) is 0 Å². The molecule has 2 aromatic rings. The minimum absolute atomic E-state index is 0.0407. The molecule has 4 heteroatoms. The number of hydrogen-bond donors (Lipinski definition) is 0. The number of aromatic nitrogens is 1. The number of aryl methyl sites for hydroxylation is 1. The lowest BCUT2D eigenvalue weighted by molar-refractivity contribution is 0.0699. The van der Waals surface area contributed by atoms with Crippen LogP contribution in [-0.2, 0) is 0 Å². The lowest BCUT2D eigenvalue weighted by Gasteiger charge is -2.33. The molecule has 1 aliphatic carbocycles. The number of benzene rings is 1. The molecule has 1 atom stereocenters. The maximum absolute atomic E-state index is 12.9. The largest absolute Gasteiger partial charge is 0.447 e. The Morgan fingerprint density at radius 1 is 1.22 bits per heavy atom. The van der Waals surface area contributed by atoms with E-state index in [1.807, 2.05) is 4.90 Å². The first kappa shape index (κ1) is 14.5. The molecule has 120 valence electrons. The highest BCUT2D eigenvalue weighted by molar-refractivity contribution is 5.93. The van der Waals surface area contributed by atoms with Crippen molar-refractivity contribution in [1.29, 1.82) is 0 Å². The van der Waals surface area contributed by atoms with Crippen LogP contribution in [0, 0.1) is 6.92 Å². The van der Waals surface area contributed by atoms with Crippen LogP contribution in [0.3, 0.4) is 0 Å². The molecular formula is C19H22N2O2. The molecule has 2 fully saturated rings. The third-order valence-corrected chi connectivity index (χ3v) is 5.08. The number of likely N-dealkylation sites (tertiary alicyclic amines) is 1. The summed E-state index contributed by atoms with van der Waals surface area (Å²) in [5.74, 6) is 1.67. The van der Waals surface area contributed by atoms with Crippen molar-refractivity contribution in [3.05, 3.63) is 53.2 Å². The van der Waals surface area contributed by atoms with Gasteiger partial charge in [0, 0.05) is 24.9 Å². The van der Waals surface area contributed by atoms with Gasteiger partial charge in [0.1, 0.15) is 5.76 Å². The SMILES string of the molecule is Cc1ccccc1C1CCCN(C(=O)c2ncoc2C2CC2)C1. The quantitative estimate of drug-likeness (QED) is 0.864. The van der Waals surface area contributed by atoms with Gasteiger partial charge in [0.25, 0.3) is 5.91 Å². The van der Waals surface area contributed by atoms with Crippen molar-refractivity contribution in [2.75, 3.05) is 13.1 Å². The molecule has 1 amide bonds. The number of amides is 1. The van der Waals surface area contributed by atoms with Gasteiger partial charge >= 0.3 is 0 Å². The summed E-state index contributed by atoms with van der Waals surface area (Å²) in [5, 5.41) is 0. The zero-order valence-corrected chi connectivity index (χ0v) is 13.5. The standard InChI is InChI=1S/C19H22N2O2/c1-13-5-2-3-7-16(13)15-6-4-10-21(11-15)19(22)17-18(14-8-9-14)23-12-20-17/h2-3,5,7,12,14-15H,4,6,8-11H2,1H3. The molecule has 1 aliphatic heterocycles. The zero-order chi connectivity index (χ0) is 15.8. The molecule has 0 radical (unpaired) electrons. The third kappa shape index (κ3) is 2.78. The van der Waals surface area contributed by atoms with E-state index in [1.165, 1.54) is 17.5 Å². The highest BCUT2D eigenvalue weighted by Crippen LogP contribution is 2.42. The Morgan fingerprint density at radius 2 is 2.04 bits per heavy atom. The highest BCUT2D eigenvalue weighted by atomic mass is 16.3. The van der Waals surface area contributed by atoms with Crippen LogP contribution in [0.2, 0.25) is 0 Å². The number of rotatable bonds is 3.